The average Bonchev–Trinajstić information content (AvgIpc) is 2.54. The summed E-state index contributed by atoms with van der Waals surface area (Å²) in [6.45, 7) is 4.50. The molecule has 2 rings (SSSR count). The standard InChI is InChI=1S/C17H25NO4S/c1-13(19)14(2)23(21,22)12-15-7-6-8-16(11-15)17(20)18-9-4-3-5-10-18/h6-8,11,13-14,19H,3-5,9-10,12H2,1-2H3. The first kappa shape index (κ1) is 17.9. The Morgan fingerprint density at radius 1 is 1.22 bits per heavy atom. The lowest BCUT2D eigenvalue weighted by molar-refractivity contribution is 0.0724. The number of hydrogen-bond donors (Lipinski definition) is 1. The van der Waals surface area contributed by atoms with Gasteiger partial charge in [0.1, 0.15) is 0 Å². The van der Waals surface area contributed by atoms with Crippen LogP contribution in [0.5, 0.6) is 0 Å². The van der Waals surface area contributed by atoms with E-state index in [0.717, 1.165) is 32.4 Å². The predicted octanol–water partition coefficient (Wildman–Crippen LogP) is 2.00. The van der Waals surface area contributed by atoms with Crippen molar-refractivity contribution in [3.8, 4) is 0 Å². The van der Waals surface area contributed by atoms with Gasteiger partial charge in [-0.1, -0.05) is 12.1 Å². The highest BCUT2D eigenvalue weighted by Crippen LogP contribution is 2.18. The summed E-state index contributed by atoms with van der Waals surface area (Å²) in [6, 6.07) is 6.81. The molecule has 1 aliphatic heterocycles. The summed E-state index contributed by atoms with van der Waals surface area (Å²) in [6.07, 6.45) is 2.27. The van der Waals surface area contributed by atoms with Gasteiger partial charge in [0.15, 0.2) is 9.84 Å². The first-order valence-electron chi connectivity index (χ1n) is 8.09. The minimum atomic E-state index is -3.45. The number of likely N-dealkylation sites (tertiary alicyclic amines) is 1. The van der Waals surface area contributed by atoms with Crippen molar-refractivity contribution in [1.29, 1.82) is 0 Å². The molecule has 1 aromatic carbocycles. The van der Waals surface area contributed by atoms with Crippen molar-refractivity contribution in [2.24, 2.45) is 0 Å². The lowest BCUT2D eigenvalue weighted by atomic mass is 10.1. The topological polar surface area (TPSA) is 74.7 Å². The lowest BCUT2D eigenvalue weighted by Crippen LogP contribution is -2.35. The van der Waals surface area contributed by atoms with E-state index in [-0.39, 0.29) is 11.7 Å². The average molecular weight is 339 g/mol. The van der Waals surface area contributed by atoms with E-state index in [1.165, 1.54) is 13.8 Å². The molecule has 0 aromatic heterocycles. The summed E-state index contributed by atoms with van der Waals surface area (Å²) in [4.78, 5) is 14.3. The van der Waals surface area contributed by atoms with E-state index >= 15 is 0 Å². The Kier molecular flexibility index (Phi) is 5.81. The number of rotatable bonds is 5. The third-order valence-corrected chi connectivity index (χ3v) is 6.69. The number of carbonyl (C=O) groups is 1. The number of piperidine rings is 1. The Morgan fingerprint density at radius 2 is 1.87 bits per heavy atom. The predicted molar refractivity (Wildman–Crippen MR) is 90.0 cm³/mol. The van der Waals surface area contributed by atoms with Crippen molar-refractivity contribution < 1.29 is 18.3 Å². The summed E-state index contributed by atoms with van der Waals surface area (Å²) in [7, 11) is -3.45. The maximum absolute atomic E-state index is 12.5. The van der Waals surface area contributed by atoms with Gasteiger partial charge >= 0.3 is 0 Å². The second-order valence-electron chi connectivity index (χ2n) is 6.31. The van der Waals surface area contributed by atoms with E-state index in [9.17, 15) is 18.3 Å². The maximum Gasteiger partial charge on any atom is 0.253 e. The molecule has 2 atom stereocenters. The van der Waals surface area contributed by atoms with Crippen LogP contribution in [0.25, 0.3) is 0 Å². The third-order valence-electron chi connectivity index (χ3n) is 4.43. The molecule has 0 bridgehead atoms. The number of carbonyl (C=O) groups excluding carboxylic acids is 1. The number of aliphatic hydroxyl groups is 1. The normalized spacial score (nSPS) is 18.5. The van der Waals surface area contributed by atoms with Crippen LogP contribution >= 0.6 is 0 Å². The summed E-state index contributed by atoms with van der Waals surface area (Å²) in [5.41, 5.74) is 1.12. The Labute approximate surface area is 138 Å². The van der Waals surface area contributed by atoms with Crippen LogP contribution in [0.3, 0.4) is 0 Å². The highest BCUT2D eigenvalue weighted by atomic mass is 32.2. The summed E-state index contributed by atoms with van der Waals surface area (Å²) in [5.74, 6) is -0.201. The Balaban J connectivity index is 2.15. The zero-order chi connectivity index (χ0) is 17.0. The van der Waals surface area contributed by atoms with Gasteiger partial charge in [0.25, 0.3) is 5.91 Å². The largest absolute Gasteiger partial charge is 0.392 e. The molecule has 128 valence electrons. The summed E-state index contributed by atoms with van der Waals surface area (Å²) in [5, 5.41) is 8.68. The minimum absolute atomic E-state index is 0.0347. The third kappa shape index (κ3) is 4.54. The van der Waals surface area contributed by atoms with Crippen LogP contribution in [0.1, 0.15) is 49.0 Å². The van der Waals surface area contributed by atoms with Crippen LogP contribution in [-0.2, 0) is 15.6 Å². The van der Waals surface area contributed by atoms with E-state index in [0.29, 0.717) is 11.1 Å². The van der Waals surface area contributed by atoms with Gasteiger partial charge < -0.3 is 10.0 Å². The first-order chi connectivity index (χ1) is 10.8. The molecule has 1 N–H and O–H groups in total. The van der Waals surface area contributed by atoms with Gasteiger partial charge in [-0.05, 0) is 50.8 Å². The first-order valence-corrected chi connectivity index (χ1v) is 9.80. The van der Waals surface area contributed by atoms with E-state index in [4.69, 9.17) is 0 Å². The van der Waals surface area contributed by atoms with Crippen LogP contribution in [0, 0.1) is 0 Å². The van der Waals surface area contributed by atoms with Gasteiger partial charge in [-0.2, -0.15) is 0 Å². The smallest absolute Gasteiger partial charge is 0.253 e. The molecule has 23 heavy (non-hydrogen) atoms. The number of benzene rings is 1. The second kappa shape index (κ2) is 7.45. The molecule has 0 radical (unpaired) electrons. The number of aliphatic hydroxyl groups excluding tert-OH is 1. The summed E-state index contributed by atoms with van der Waals surface area (Å²) >= 11 is 0. The number of amides is 1. The van der Waals surface area contributed by atoms with Crippen molar-refractivity contribution in [2.75, 3.05) is 13.1 Å². The Morgan fingerprint density at radius 3 is 2.48 bits per heavy atom. The molecule has 5 nitrogen and oxygen atoms in total. The van der Waals surface area contributed by atoms with Crippen LogP contribution in [-0.4, -0.2) is 48.8 Å². The van der Waals surface area contributed by atoms with Crippen molar-refractivity contribution in [3.05, 3.63) is 35.4 Å². The van der Waals surface area contributed by atoms with Crippen molar-refractivity contribution in [1.82, 2.24) is 4.90 Å². The zero-order valence-electron chi connectivity index (χ0n) is 13.7. The molecule has 1 heterocycles. The van der Waals surface area contributed by atoms with Crippen LogP contribution < -0.4 is 0 Å². The van der Waals surface area contributed by atoms with E-state index < -0.39 is 21.2 Å². The Hall–Kier alpha value is -1.40. The van der Waals surface area contributed by atoms with Gasteiger partial charge in [0.05, 0.1) is 17.1 Å². The molecule has 1 amide bonds. The molecular formula is C17H25NO4S. The second-order valence-corrected chi connectivity index (χ2v) is 8.66. The molecule has 1 saturated heterocycles. The molecule has 2 unspecified atom stereocenters. The molecule has 1 aliphatic rings. The SMILES string of the molecule is CC(O)C(C)S(=O)(=O)Cc1cccc(C(=O)N2CCCCC2)c1. The van der Waals surface area contributed by atoms with Gasteiger partial charge in [0.2, 0.25) is 0 Å². The van der Waals surface area contributed by atoms with Gasteiger partial charge in [-0.25, -0.2) is 8.42 Å². The quantitative estimate of drug-likeness (QED) is 0.890. The fraction of sp³-hybridized carbons (Fsp3) is 0.588. The van der Waals surface area contributed by atoms with Gasteiger partial charge in [-0.3, -0.25) is 4.79 Å². The van der Waals surface area contributed by atoms with E-state index in [1.807, 2.05) is 4.90 Å². The molecule has 0 aliphatic carbocycles. The molecule has 0 saturated carbocycles. The van der Waals surface area contributed by atoms with Crippen molar-refractivity contribution in [2.45, 2.75) is 50.2 Å². The van der Waals surface area contributed by atoms with Gasteiger partial charge in [-0.15, -0.1) is 0 Å². The number of hydrogen-bond acceptors (Lipinski definition) is 4. The highest BCUT2D eigenvalue weighted by molar-refractivity contribution is 7.91. The maximum atomic E-state index is 12.5. The highest BCUT2D eigenvalue weighted by Gasteiger charge is 2.26. The zero-order valence-corrected chi connectivity index (χ0v) is 14.6. The minimum Gasteiger partial charge on any atom is -0.392 e. The summed E-state index contributed by atoms with van der Waals surface area (Å²) < 4.78 is 24.5. The van der Waals surface area contributed by atoms with Crippen molar-refractivity contribution in [3.63, 3.8) is 0 Å². The van der Waals surface area contributed by atoms with Crippen LogP contribution in [0.15, 0.2) is 24.3 Å². The van der Waals surface area contributed by atoms with Gasteiger partial charge in [0, 0.05) is 18.7 Å². The van der Waals surface area contributed by atoms with Crippen molar-refractivity contribution >= 4 is 15.7 Å². The monoisotopic (exact) mass is 339 g/mol. The lowest BCUT2D eigenvalue weighted by Gasteiger charge is -2.26. The van der Waals surface area contributed by atoms with Crippen LogP contribution in [0.4, 0.5) is 0 Å². The van der Waals surface area contributed by atoms with E-state index in [2.05, 4.69) is 0 Å². The molecule has 1 aromatic rings. The fourth-order valence-electron chi connectivity index (χ4n) is 2.74. The number of nitrogens with zero attached hydrogens (tertiary/aromatic N) is 1. The Bertz CT molecular complexity index is 648. The molecule has 6 heteroatoms. The molecule has 0 spiro atoms. The molecule has 1 fully saturated rings. The molecular weight excluding hydrogens is 314 g/mol. The van der Waals surface area contributed by atoms with Crippen LogP contribution in [0.2, 0.25) is 0 Å². The number of sulfone groups is 1. The fourth-order valence-corrected chi connectivity index (χ4v) is 4.24. The van der Waals surface area contributed by atoms with E-state index in [1.54, 1.807) is 24.3 Å².